The Balaban J connectivity index is 1.49. The zero-order valence-corrected chi connectivity index (χ0v) is 15.2. The van der Waals surface area contributed by atoms with Gasteiger partial charge in [0.25, 0.3) is 0 Å². The van der Waals surface area contributed by atoms with Crippen LogP contribution in [0.1, 0.15) is 25.7 Å². The predicted octanol–water partition coefficient (Wildman–Crippen LogP) is 0.493. The summed E-state index contributed by atoms with van der Waals surface area (Å²) in [6.07, 6.45) is 3.15. The van der Waals surface area contributed by atoms with Crippen molar-refractivity contribution >= 4 is 11.5 Å². The first-order valence-electron chi connectivity index (χ1n) is 9.83. The van der Waals surface area contributed by atoms with E-state index in [1.807, 2.05) is 0 Å². The highest BCUT2D eigenvalue weighted by atomic mass is 16.5. The first-order chi connectivity index (χ1) is 12.7. The van der Waals surface area contributed by atoms with Crippen LogP contribution in [0.15, 0.2) is 29.3 Å². The van der Waals surface area contributed by atoms with Crippen molar-refractivity contribution in [2.45, 2.75) is 43.9 Å². The Morgan fingerprint density at radius 2 is 2.15 bits per heavy atom. The summed E-state index contributed by atoms with van der Waals surface area (Å²) in [5.74, 6) is 0.0529. The molecule has 1 unspecified atom stereocenters. The molecule has 5 nitrogen and oxygen atoms in total. The molecule has 5 heteroatoms. The van der Waals surface area contributed by atoms with Gasteiger partial charge in [-0.3, -0.25) is 14.7 Å². The molecular weight excluding hydrogens is 328 g/mol. The average molecular weight is 354 g/mol. The van der Waals surface area contributed by atoms with Crippen LogP contribution in [0.2, 0.25) is 0 Å². The van der Waals surface area contributed by atoms with Gasteiger partial charge in [-0.25, -0.2) is 0 Å². The van der Waals surface area contributed by atoms with Crippen LogP contribution < -0.4 is 10.6 Å². The molecule has 26 heavy (non-hydrogen) atoms. The van der Waals surface area contributed by atoms with Gasteiger partial charge >= 0.3 is 5.97 Å². The standard InChI is InChI=1S/C21H26N2O3/c1-26-21(25)19-15-10-17-20-14(13-4-2-3-5-16(13)22-20)8-9-23(17)11-12(15)6-7-18(19)24/h2-5,12,15,17-20,24H,6-11H2,1H3/t12-,15-,17-,18-,19-,20?/m0/s1. The number of benzene rings is 1. The van der Waals surface area contributed by atoms with Crippen molar-refractivity contribution in [3.63, 3.8) is 0 Å². The van der Waals surface area contributed by atoms with Gasteiger partial charge in [0.1, 0.15) is 0 Å². The van der Waals surface area contributed by atoms with Gasteiger partial charge in [-0.15, -0.1) is 0 Å². The van der Waals surface area contributed by atoms with E-state index >= 15 is 0 Å². The lowest BCUT2D eigenvalue weighted by molar-refractivity contribution is -0.160. The molecule has 0 aromatic heterocycles. The van der Waals surface area contributed by atoms with Gasteiger partial charge in [0.2, 0.25) is 0 Å². The smallest absolute Gasteiger partial charge is 0.311 e. The number of nitrogens with zero attached hydrogens (tertiary/aromatic N) is 2. The van der Waals surface area contributed by atoms with E-state index in [1.54, 1.807) is 0 Å². The fraction of sp³-hybridized carbons (Fsp3) is 0.619. The molecule has 0 spiro atoms. The second-order valence-corrected chi connectivity index (χ2v) is 8.28. The molecule has 1 N–H and O–H groups in total. The van der Waals surface area contributed by atoms with Crippen LogP contribution >= 0.6 is 0 Å². The van der Waals surface area contributed by atoms with Crippen molar-refractivity contribution in [3.05, 3.63) is 34.8 Å². The largest absolute Gasteiger partial charge is 0.469 e. The number of rotatable bonds is 1. The zero-order valence-electron chi connectivity index (χ0n) is 15.2. The number of ether oxygens (including phenoxy) is 1. The molecule has 0 bridgehead atoms. The van der Waals surface area contributed by atoms with E-state index in [1.165, 1.54) is 17.9 Å². The summed E-state index contributed by atoms with van der Waals surface area (Å²) in [5.41, 5.74) is 1.46. The summed E-state index contributed by atoms with van der Waals surface area (Å²) in [5, 5.41) is 12.9. The second-order valence-electron chi connectivity index (χ2n) is 8.28. The number of aliphatic hydroxyl groups excluding tert-OH is 1. The van der Waals surface area contributed by atoms with Gasteiger partial charge in [-0.05, 0) is 49.2 Å². The lowest BCUT2D eigenvalue weighted by Gasteiger charge is -2.52. The molecule has 6 atom stereocenters. The predicted molar refractivity (Wildman–Crippen MR) is 96.7 cm³/mol. The molecule has 3 fully saturated rings. The summed E-state index contributed by atoms with van der Waals surface area (Å²) in [6, 6.07) is 9.00. The molecule has 1 aromatic carbocycles. The number of aliphatic hydroxyl groups is 1. The number of carbonyl (C=O) groups excluding carboxylic acids is 1. The third-order valence-corrected chi connectivity index (χ3v) is 7.16. The summed E-state index contributed by atoms with van der Waals surface area (Å²) < 4.78 is 5.04. The molecule has 4 aliphatic rings. The lowest BCUT2D eigenvalue weighted by atomic mass is 9.64. The van der Waals surface area contributed by atoms with Crippen LogP contribution in [0.3, 0.4) is 0 Å². The van der Waals surface area contributed by atoms with Crippen molar-refractivity contribution in [2.75, 3.05) is 20.2 Å². The van der Waals surface area contributed by atoms with E-state index in [0.717, 1.165) is 37.7 Å². The number of esters is 1. The van der Waals surface area contributed by atoms with Gasteiger partial charge < -0.3 is 9.84 Å². The maximum Gasteiger partial charge on any atom is 0.311 e. The second kappa shape index (κ2) is 6.17. The third kappa shape index (κ3) is 2.37. The van der Waals surface area contributed by atoms with Crippen molar-refractivity contribution in [1.29, 1.82) is 0 Å². The molecule has 138 valence electrons. The third-order valence-electron chi connectivity index (χ3n) is 7.16. The Bertz CT molecular complexity index is 851. The van der Waals surface area contributed by atoms with Crippen LogP contribution in [0, 0.1) is 17.8 Å². The molecule has 3 heterocycles. The minimum Gasteiger partial charge on any atom is -0.469 e. The normalized spacial score (nSPS) is 38.5. The van der Waals surface area contributed by atoms with Gasteiger partial charge in [-0.2, -0.15) is 0 Å². The summed E-state index contributed by atoms with van der Waals surface area (Å²) >= 11 is 0. The summed E-state index contributed by atoms with van der Waals surface area (Å²) in [7, 11) is 1.43. The Morgan fingerprint density at radius 3 is 3.00 bits per heavy atom. The Labute approximate surface area is 153 Å². The minimum atomic E-state index is -0.569. The summed E-state index contributed by atoms with van der Waals surface area (Å²) in [4.78, 5) is 20.0. The number of fused-ring (bicyclic) bond motifs is 5. The van der Waals surface area contributed by atoms with Gasteiger partial charge in [0.15, 0.2) is 0 Å². The van der Waals surface area contributed by atoms with Crippen LogP contribution in [-0.2, 0) is 9.53 Å². The average Bonchev–Trinajstić information content (AvgIpc) is 3.05. The molecule has 1 aliphatic carbocycles. The van der Waals surface area contributed by atoms with E-state index < -0.39 is 6.10 Å². The highest BCUT2D eigenvalue weighted by Gasteiger charge is 2.51. The minimum absolute atomic E-state index is 0.200. The quantitative estimate of drug-likeness (QED) is 0.746. The van der Waals surface area contributed by atoms with Crippen molar-refractivity contribution in [1.82, 2.24) is 4.90 Å². The molecule has 0 amide bonds. The molecule has 5 rings (SSSR count). The Hall–Kier alpha value is -1.72. The van der Waals surface area contributed by atoms with Crippen LogP contribution in [-0.4, -0.2) is 54.4 Å². The number of hydrogen-bond donors (Lipinski definition) is 1. The van der Waals surface area contributed by atoms with E-state index in [9.17, 15) is 9.90 Å². The van der Waals surface area contributed by atoms with E-state index in [0.29, 0.717) is 18.4 Å². The topological polar surface area (TPSA) is 62.1 Å². The number of methoxy groups -OCH3 is 1. The maximum absolute atomic E-state index is 12.4. The van der Waals surface area contributed by atoms with E-state index in [-0.39, 0.29) is 23.8 Å². The lowest BCUT2D eigenvalue weighted by Crippen LogP contribution is -2.59. The van der Waals surface area contributed by atoms with Gasteiger partial charge in [-0.1, -0.05) is 18.2 Å². The van der Waals surface area contributed by atoms with Crippen molar-refractivity contribution in [2.24, 2.45) is 22.7 Å². The first kappa shape index (κ1) is 16.5. The van der Waals surface area contributed by atoms with E-state index in [4.69, 9.17) is 9.73 Å². The Kier molecular flexibility index (Phi) is 3.90. The highest BCUT2D eigenvalue weighted by Crippen LogP contribution is 2.46. The SMILES string of the molecule is COC(=O)[C@H]1[C@H]2C[C@H]3C4N=c5ccccc5=C4CCN3C[C@@H]2CC[C@@H]1O. The first-order valence-corrected chi connectivity index (χ1v) is 9.83. The number of piperidine rings is 2. The van der Waals surface area contributed by atoms with Gasteiger partial charge in [0, 0.05) is 24.4 Å². The number of hydrogen-bond acceptors (Lipinski definition) is 5. The molecule has 3 aliphatic heterocycles. The van der Waals surface area contributed by atoms with Crippen molar-refractivity contribution < 1.29 is 14.6 Å². The van der Waals surface area contributed by atoms with Crippen molar-refractivity contribution in [3.8, 4) is 0 Å². The highest BCUT2D eigenvalue weighted by molar-refractivity contribution is 5.73. The van der Waals surface area contributed by atoms with Crippen LogP contribution in [0.25, 0.3) is 5.57 Å². The van der Waals surface area contributed by atoms with Gasteiger partial charge in [0.05, 0.1) is 30.5 Å². The molecule has 2 saturated heterocycles. The molecule has 1 saturated carbocycles. The monoisotopic (exact) mass is 354 g/mol. The summed E-state index contributed by atoms with van der Waals surface area (Å²) in [6.45, 7) is 2.10. The molecular formula is C21H26N2O3. The maximum atomic E-state index is 12.4. The number of carbonyl (C=O) groups is 1. The fourth-order valence-electron chi connectivity index (χ4n) is 5.95. The van der Waals surface area contributed by atoms with Crippen LogP contribution in [0.5, 0.6) is 0 Å². The number of para-hydroxylation sites is 1. The van der Waals surface area contributed by atoms with Crippen LogP contribution in [0.4, 0.5) is 0 Å². The molecule has 0 radical (unpaired) electrons. The molecule has 1 aromatic rings. The Morgan fingerprint density at radius 1 is 1.31 bits per heavy atom. The zero-order chi connectivity index (χ0) is 17.8. The van der Waals surface area contributed by atoms with E-state index in [2.05, 4.69) is 29.2 Å². The fourth-order valence-corrected chi connectivity index (χ4v) is 5.95.